The fourth-order valence-corrected chi connectivity index (χ4v) is 3.57. The van der Waals surface area contributed by atoms with Crippen molar-refractivity contribution in [2.75, 3.05) is 0 Å². The first-order chi connectivity index (χ1) is 13.6. The summed E-state index contributed by atoms with van der Waals surface area (Å²) >= 11 is 0. The Balaban J connectivity index is 1.62. The fraction of sp³-hybridized carbons (Fsp3) is 0.364. The summed E-state index contributed by atoms with van der Waals surface area (Å²) in [6.07, 6.45) is 0.767. The summed E-state index contributed by atoms with van der Waals surface area (Å²) in [5, 5.41) is 26.3. The minimum absolute atomic E-state index is 0.286. The summed E-state index contributed by atoms with van der Waals surface area (Å²) in [5.41, 5.74) is 1.05. The molecule has 1 fully saturated rings. The van der Waals surface area contributed by atoms with Crippen molar-refractivity contribution < 1.29 is 19.8 Å². The van der Waals surface area contributed by atoms with Crippen LogP contribution in [0.25, 0.3) is 0 Å². The summed E-state index contributed by atoms with van der Waals surface area (Å²) in [6.45, 7) is 0. The van der Waals surface area contributed by atoms with E-state index in [9.17, 15) is 19.8 Å². The van der Waals surface area contributed by atoms with Crippen LogP contribution < -0.4 is 10.6 Å². The van der Waals surface area contributed by atoms with E-state index in [-0.39, 0.29) is 12.1 Å². The van der Waals surface area contributed by atoms with Gasteiger partial charge in [-0.2, -0.15) is 0 Å². The number of hydrogen-bond acceptors (Lipinski definition) is 4. The molecule has 28 heavy (non-hydrogen) atoms. The standard InChI is InChI=1S/C22H26N2O4/c25-19(15-9-3-1-4-10-15)21(27)23-17-13-7-8-14-18(17)24-22(28)20(26)16-11-5-2-6-12-16/h1-6,9-12,17-20,25-26H,7-8,13-14H2,(H,23,27)(H,24,28)/t17-,18+,19-,20-/m1/s1. The molecule has 0 aromatic heterocycles. The molecule has 4 atom stereocenters. The first-order valence-corrected chi connectivity index (χ1v) is 9.63. The Labute approximate surface area is 164 Å². The smallest absolute Gasteiger partial charge is 0.253 e. The molecular formula is C22H26N2O4. The molecule has 1 saturated carbocycles. The summed E-state index contributed by atoms with van der Waals surface area (Å²) < 4.78 is 0. The van der Waals surface area contributed by atoms with Gasteiger partial charge in [0.15, 0.2) is 12.2 Å². The Morgan fingerprint density at radius 2 is 1.07 bits per heavy atom. The predicted octanol–water partition coefficient (Wildman–Crippen LogP) is 2.00. The third-order valence-electron chi connectivity index (χ3n) is 5.15. The van der Waals surface area contributed by atoms with Gasteiger partial charge in [0.1, 0.15) is 0 Å². The maximum Gasteiger partial charge on any atom is 0.253 e. The van der Waals surface area contributed by atoms with Crippen molar-refractivity contribution in [3.8, 4) is 0 Å². The number of carbonyl (C=O) groups is 2. The first kappa shape index (κ1) is 20.0. The van der Waals surface area contributed by atoms with Gasteiger partial charge in [0.25, 0.3) is 11.8 Å². The molecule has 6 nitrogen and oxygen atoms in total. The molecular weight excluding hydrogens is 356 g/mol. The lowest BCUT2D eigenvalue weighted by Gasteiger charge is -2.34. The van der Waals surface area contributed by atoms with Crippen LogP contribution in [0.5, 0.6) is 0 Å². The van der Waals surface area contributed by atoms with Crippen molar-refractivity contribution in [3.05, 3.63) is 71.8 Å². The van der Waals surface area contributed by atoms with Gasteiger partial charge < -0.3 is 20.8 Å². The molecule has 1 aliphatic carbocycles. The third-order valence-corrected chi connectivity index (χ3v) is 5.15. The van der Waals surface area contributed by atoms with Gasteiger partial charge in [-0.1, -0.05) is 73.5 Å². The lowest BCUT2D eigenvalue weighted by atomic mass is 9.89. The van der Waals surface area contributed by atoms with Crippen LogP contribution in [-0.4, -0.2) is 34.1 Å². The number of aliphatic hydroxyl groups excluding tert-OH is 2. The zero-order valence-corrected chi connectivity index (χ0v) is 15.6. The number of rotatable bonds is 6. The van der Waals surface area contributed by atoms with Crippen LogP contribution in [0, 0.1) is 0 Å². The second kappa shape index (κ2) is 9.48. The van der Waals surface area contributed by atoms with Gasteiger partial charge in [0.2, 0.25) is 0 Å². The second-order valence-electron chi connectivity index (χ2n) is 7.14. The number of amides is 2. The predicted molar refractivity (Wildman–Crippen MR) is 105 cm³/mol. The molecule has 4 N–H and O–H groups in total. The topological polar surface area (TPSA) is 98.7 Å². The van der Waals surface area contributed by atoms with Gasteiger partial charge >= 0.3 is 0 Å². The molecule has 0 spiro atoms. The van der Waals surface area contributed by atoms with Crippen molar-refractivity contribution >= 4 is 11.8 Å². The van der Waals surface area contributed by atoms with Crippen LogP contribution in [0.4, 0.5) is 0 Å². The summed E-state index contributed by atoms with van der Waals surface area (Å²) in [6, 6.07) is 16.9. The zero-order valence-electron chi connectivity index (χ0n) is 15.6. The van der Waals surface area contributed by atoms with Gasteiger partial charge in [0.05, 0.1) is 0 Å². The van der Waals surface area contributed by atoms with Crippen molar-refractivity contribution in [3.63, 3.8) is 0 Å². The first-order valence-electron chi connectivity index (χ1n) is 9.63. The van der Waals surface area contributed by atoms with Gasteiger partial charge in [-0.05, 0) is 24.0 Å². The lowest BCUT2D eigenvalue weighted by Crippen LogP contribution is -2.54. The van der Waals surface area contributed by atoms with Crippen molar-refractivity contribution in [1.29, 1.82) is 0 Å². The highest BCUT2D eigenvalue weighted by molar-refractivity contribution is 5.83. The molecule has 1 aliphatic rings. The molecule has 2 aromatic carbocycles. The number of hydrogen-bond donors (Lipinski definition) is 4. The molecule has 6 heteroatoms. The van der Waals surface area contributed by atoms with E-state index in [1.54, 1.807) is 48.5 Å². The number of nitrogens with one attached hydrogen (secondary N) is 2. The lowest BCUT2D eigenvalue weighted by molar-refractivity contribution is -0.133. The molecule has 0 bridgehead atoms. The Kier molecular flexibility index (Phi) is 6.79. The minimum atomic E-state index is -1.26. The summed E-state index contributed by atoms with van der Waals surface area (Å²) in [7, 11) is 0. The minimum Gasteiger partial charge on any atom is -0.378 e. The van der Waals surface area contributed by atoms with Crippen molar-refractivity contribution in [2.24, 2.45) is 0 Å². The van der Waals surface area contributed by atoms with Crippen LogP contribution in [0.2, 0.25) is 0 Å². The maximum atomic E-state index is 12.5. The number of benzene rings is 2. The molecule has 0 radical (unpaired) electrons. The van der Waals surface area contributed by atoms with E-state index in [0.717, 1.165) is 12.8 Å². The van der Waals surface area contributed by atoms with Crippen LogP contribution in [0.1, 0.15) is 49.0 Å². The van der Waals surface area contributed by atoms with Gasteiger partial charge in [-0.3, -0.25) is 9.59 Å². The Bertz CT molecular complexity index is 714. The monoisotopic (exact) mass is 382 g/mol. The van der Waals surface area contributed by atoms with E-state index < -0.39 is 24.0 Å². The number of carbonyl (C=O) groups excluding carboxylic acids is 2. The number of aliphatic hydroxyl groups is 2. The van der Waals surface area contributed by atoms with E-state index in [1.807, 2.05) is 12.1 Å². The Hall–Kier alpha value is -2.70. The van der Waals surface area contributed by atoms with E-state index >= 15 is 0 Å². The molecule has 2 aromatic rings. The van der Waals surface area contributed by atoms with Gasteiger partial charge in [0, 0.05) is 12.1 Å². The normalized spacial score (nSPS) is 21.4. The average Bonchev–Trinajstić information content (AvgIpc) is 2.75. The summed E-state index contributed by atoms with van der Waals surface area (Å²) in [5.74, 6) is -0.970. The highest BCUT2D eigenvalue weighted by atomic mass is 16.3. The Morgan fingerprint density at radius 3 is 1.43 bits per heavy atom. The van der Waals surface area contributed by atoms with E-state index in [0.29, 0.717) is 24.0 Å². The van der Waals surface area contributed by atoms with Crippen LogP contribution in [0.15, 0.2) is 60.7 Å². The molecule has 0 unspecified atom stereocenters. The van der Waals surface area contributed by atoms with Crippen LogP contribution >= 0.6 is 0 Å². The Morgan fingerprint density at radius 1 is 0.714 bits per heavy atom. The van der Waals surface area contributed by atoms with E-state index in [1.165, 1.54) is 0 Å². The molecule has 148 valence electrons. The van der Waals surface area contributed by atoms with Gasteiger partial charge in [-0.25, -0.2) is 0 Å². The molecule has 0 heterocycles. The van der Waals surface area contributed by atoms with E-state index in [4.69, 9.17) is 0 Å². The van der Waals surface area contributed by atoms with Crippen molar-refractivity contribution in [1.82, 2.24) is 10.6 Å². The fourth-order valence-electron chi connectivity index (χ4n) is 3.57. The molecule has 2 amide bonds. The van der Waals surface area contributed by atoms with E-state index in [2.05, 4.69) is 10.6 Å². The highest BCUT2D eigenvalue weighted by Gasteiger charge is 2.31. The van der Waals surface area contributed by atoms with Crippen molar-refractivity contribution in [2.45, 2.75) is 50.0 Å². The quantitative estimate of drug-likeness (QED) is 0.614. The summed E-state index contributed by atoms with van der Waals surface area (Å²) in [4.78, 5) is 25.0. The average molecular weight is 382 g/mol. The van der Waals surface area contributed by atoms with Crippen LogP contribution in [0.3, 0.4) is 0 Å². The third kappa shape index (κ3) is 4.97. The molecule has 0 saturated heterocycles. The molecule has 0 aliphatic heterocycles. The highest BCUT2D eigenvalue weighted by Crippen LogP contribution is 2.22. The second-order valence-corrected chi connectivity index (χ2v) is 7.14. The molecule has 3 rings (SSSR count). The zero-order chi connectivity index (χ0) is 19.9. The maximum absolute atomic E-state index is 12.5. The van der Waals surface area contributed by atoms with Gasteiger partial charge in [-0.15, -0.1) is 0 Å². The SMILES string of the molecule is O=C(N[C@H]1CCCC[C@H]1NC(=O)[C@H](O)c1ccccc1)[C@H](O)c1ccccc1. The van der Waals surface area contributed by atoms with Crippen LogP contribution in [-0.2, 0) is 9.59 Å². The largest absolute Gasteiger partial charge is 0.378 e.